The number of ether oxygens (including phenoxy) is 1. The summed E-state index contributed by atoms with van der Waals surface area (Å²) in [4.78, 5) is 37.2. The highest BCUT2D eigenvalue weighted by molar-refractivity contribution is 6.24. The van der Waals surface area contributed by atoms with E-state index in [1.165, 1.54) is 18.2 Å². The summed E-state index contributed by atoms with van der Waals surface area (Å²) < 4.78 is 5.09. The van der Waals surface area contributed by atoms with Crippen LogP contribution in [0.4, 0.5) is 0 Å². The van der Waals surface area contributed by atoms with Crippen molar-refractivity contribution < 1.29 is 14.3 Å². The van der Waals surface area contributed by atoms with E-state index in [2.05, 4.69) is 65.8 Å². The molecule has 8 bridgehead atoms. The zero-order valence-corrected chi connectivity index (χ0v) is 22.4. The molecule has 194 valence electrons. The van der Waals surface area contributed by atoms with E-state index < -0.39 is 11.9 Å². The number of fused-ring (bicyclic) bond motifs is 7. The fourth-order valence-corrected chi connectivity index (χ4v) is 6.28. The summed E-state index contributed by atoms with van der Waals surface area (Å²) in [5.74, 6) is -1.72. The van der Waals surface area contributed by atoms with E-state index in [4.69, 9.17) is 4.74 Å². The number of aromatic amines is 3. The van der Waals surface area contributed by atoms with Gasteiger partial charge in [0.15, 0.2) is 5.78 Å². The molecule has 1 fully saturated rings. The van der Waals surface area contributed by atoms with Crippen LogP contribution in [0.3, 0.4) is 0 Å². The number of hydrogen-bond donors (Lipinski definition) is 4. The van der Waals surface area contributed by atoms with Crippen LogP contribution in [-0.4, -0.2) is 33.8 Å². The second-order valence-corrected chi connectivity index (χ2v) is 10.3. The quantitative estimate of drug-likeness (QED) is 0.318. The fraction of sp³-hybridized carbons (Fsp3) is 0.290. The van der Waals surface area contributed by atoms with Gasteiger partial charge in [0.05, 0.1) is 12.8 Å². The maximum Gasteiger partial charge on any atom is 0.321 e. The number of esters is 1. The number of hydrogen-bond acceptors (Lipinski definition) is 4. The number of ketones is 1. The first kappa shape index (κ1) is 24.1. The van der Waals surface area contributed by atoms with E-state index in [0.717, 1.165) is 68.7 Å². The molecule has 0 radical (unpaired) electrons. The lowest BCUT2D eigenvalue weighted by molar-refractivity contribution is -0.141. The van der Waals surface area contributed by atoms with Gasteiger partial charge in [-0.1, -0.05) is 19.6 Å². The molecule has 3 aliphatic rings. The SMILES string of the molecule is C=Cc1c2[nH]c(c1C)/C=C1/CC/C(=C3/c4[nH]c(c(C)c4C(=O)[C@@H]3C(=O)OC)/C=c3\[nH]/c(c(C)c3CC)=C\2)N1. The van der Waals surface area contributed by atoms with E-state index in [1.807, 2.05) is 13.0 Å². The van der Waals surface area contributed by atoms with Crippen molar-refractivity contribution in [2.45, 2.75) is 47.0 Å². The molecule has 3 aromatic heterocycles. The van der Waals surface area contributed by atoms with Crippen molar-refractivity contribution in [2.24, 2.45) is 5.92 Å². The maximum atomic E-state index is 13.7. The minimum atomic E-state index is -0.971. The first-order chi connectivity index (χ1) is 18.3. The van der Waals surface area contributed by atoms with E-state index >= 15 is 0 Å². The van der Waals surface area contributed by atoms with Crippen LogP contribution in [0, 0.1) is 26.7 Å². The van der Waals surface area contributed by atoms with Crippen molar-refractivity contribution in [3.63, 3.8) is 0 Å². The monoisotopic (exact) mass is 508 g/mol. The third kappa shape index (κ3) is 3.34. The molecular formula is C31H32N4O3. The minimum Gasteiger partial charge on any atom is -0.468 e. The smallest absolute Gasteiger partial charge is 0.321 e. The van der Waals surface area contributed by atoms with Crippen molar-refractivity contribution in [1.29, 1.82) is 0 Å². The number of carbonyl (C=O) groups is 2. The molecule has 0 amide bonds. The average Bonchev–Trinajstić information content (AvgIpc) is 3.67. The van der Waals surface area contributed by atoms with Gasteiger partial charge in [0.1, 0.15) is 5.92 Å². The van der Waals surface area contributed by atoms with E-state index in [1.54, 1.807) is 0 Å². The van der Waals surface area contributed by atoms with Crippen molar-refractivity contribution >= 4 is 41.6 Å². The van der Waals surface area contributed by atoms with Crippen LogP contribution in [0.15, 0.2) is 18.0 Å². The predicted molar refractivity (Wildman–Crippen MR) is 150 cm³/mol. The maximum absolute atomic E-state index is 13.7. The van der Waals surface area contributed by atoms with Crippen LogP contribution in [-0.2, 0) is 16.0 Å². The normalized spacial score (nSPS) is 22.7. The molecule has 7 nitrogen and oxygen atoms in total. The standard InChI is InChI=1S/C31H32N4O3/c1-7-18-14(3)21-11-17-9-10-20(32-17)27-28(31(37)38-6)30(36)26-16(5)23(35-29(26)27)13-25-19(8-2)15(4)22(34-25)12-24(18)33-21/h7,11-13,28,32-35H,1,8-10H2,2-6H3/b17-11-,22-12-,25-13-,27-20-/t28-/m1/s1. The Morgan fingerprint density at radius 1 is 1.00 bits per heavy atom. The Balaban J connectivity index is 1.71. The predicted octanol–water partition coefficient (Wildman–Crippen LogP) is 3.89. The Kier molecular flexibility index (Phi) is 5.49. The second kappa shape index (κ2) is 8.65. The lowest BCUT2D eigenvalue weighted by atomic mass is 9.97. The molecule has 1 aliphatic carbocycles. The van der Waals surface area contributed by atoms with Gasteiger partial charge in [-0.05, 0) is 80.5 Å². The van der Waals surface area contributed by atoms with Gasteiger partial charge in [0.2, 0.25) is 0 Å². The van der Waals surface area contributed by atoms with Gasteiger partial charge in [0, 0.05) is 55.9 Å². The zero-order valence-electron chi connectivity index (χ0n) is 22.4. The van der Waals surface area contributed by atoms with Crippen LogP contribution < -0.4 is 16.0 Å². The molecule has 0 spiro atoms. The number of allylic oxidation sites excluding steroid dienone is 2. The Labute approximate surface area is 221 Å². The lowest BCUT2D eigenvalue weighted by Crippen LogP contribution is -2.24. The third-order valence-corrected chi connectivity index (χ3v) is 8.35. The highest BCUT2D eigenvalue weighted by atomic mass is 16.5. The van der Waals surface area contributed by atoms with Gasteiger partial charge < -0.3 is 25.0 Å². The summed E-state index contributed by atoms with van der Waals surface area (Å²) in [6.07, 6.45) is 10.6. The summed E-state index contributed by atoms with van der Waals surface area (Å²) in [6, 6.07) is 0. The molecule has 1 saturated heterocycles. The summed E-state index contributed by atoms with van der Waals surface area (Å²) in [6.45, 7) is 12.4. The number of H-pyrrole nitrogens is 3. The molecule has 0 unspecified atom stereocenters. The number of methoxy groups -OCH3 is 1. The van der Waals surface area contributed by atoms with Gasteiger partial charge >= 0.3 is 5.97 Å². The molecule has 5 heterocycles. The van der Waals surface area contributed by atoms with Gasteiger partial charge in [-0.25, -0.2) is 0 Å². The topological polar surface area (TPSA) is 103 Å². The Morgan fingerprint density at radius 3 is 2.45 bits per heavy atom. The first-order valence-corrected chi connectivity index (χ1v) is 13.1. The number of carbonyl (C=O) groups excluding carboxylic acids is 2. The molecular weight excluding hydrogens is 476 g/mol. The molecule has 3 aromatic rings. The van der Waals surface area contributed by atoms with Crippen molar-refractivity contribution in [1.82, 2.24) is 20.3 Å². The van der Waals surface area contributed by atoms with Gasteiger partial charge in [-0.15, -0.1) is 0 Å². The van der Waals surface area contributed by atoms with E-state index in [9.17, 15) is 9.59 Å². The molecule has 6 rings (SSSR count). The molecule has 38 heavy (non-hydrogen) atoms. The highest BCUT2D eigenvalue weighted by Crippen LogP contribution is 2.44. The third-order valence-electron chi connectivity index (χ3n) is 8.35. The summed E-state index contributed by atoms with van der Waals surface area (Å²) >= 11 is 0. The molecule has 4 N–H and O–H groups in total. The van der Waals surface area contributed by atoms with Crippen LogP contribution in [0.1, 0.15) is 80.7 Å². The van der Waals surface area contributed by atoms with Gasteiger partial charge in [-0.3, -0.25) is 9.59 Å². The Morgan fingerprint density at radius 2 is 1.74 bits per heavy atom. The largest absolute Gasteiger partial charge is 0.468 e. The Hall–Kier alpha value is -4.26. The Bertz CT molecular complexity index is 1750. The minimum absolute atomic E-state index is 0.212. The fourth-order valence-electron chi connectivity index (χ4n) is 6.28. The molecule has 0 saturated carbocycles. The second-order valence-electron chi connectivity index (χ2n) is 10.3. The molecule has 0 aromatic carbocycles. The number of Topliss-reactive ketones (excluding diaryl/α,β-unsaturated/α-hetero) is 1. The number of aromatic nitrogens is 3. The van der Waals surface area contributed by atoms with Crippen molar-refractivity contribution in [3.8, 4) is 0 Å². The molecule has 7 heteroatoms. The van der Waals surface area contributed by atoms with Crippen LogP contribution >= 0.6 is 0 Å². The molecule has 1 atom stereocenters. The number of rotatable bonds is 3. The van der Waals surface area contributed by atoms with Gasteiger partial charge in [0.25, 0.3) is 0 Å². The average molecular weight is 509 g/mol. The summed E-state index contributed by atoms with van der Waals surface area (Å²) in [5, 5.41) is 5.57. The van der Waals surface area contributed by atoms with Gasteiger partial charge in [-0.2, -0.15) is 0 Å². The number of nitrogens with one attached hydrogen (secondary N) is 4. The van der Waals surface area contributed by atoms with E-state index in [-0.39, 0.29) is 5.78 Å². The summed E-state index contributed by atoms with van der Waals surface area (Å²) in [7, 11) is 1.33. The highest BCUT2D eigenvalue weighted by Gasteiger charge is 2.46. The van der Waals surface area contributed by atoms with Crippen molar-refractivity contribution in [2.75, 3.05) is 7.11 Å². The lowest BCUT2D eigenvalue weighted by Gasteiger charge is -2.13. The summed E-state index contributed by atoms with van der Waals surface area (Å²) in [5.41, 5.74) is 12.2. The van der Waals surface area contributed by atoms with Crippen LogP contribution in [0.5, 0.6) is 0 Å². The van der Waals surface area contributed by atoms with Crippen LogP contribution in [0.25, 0.3) is 29.9 Å². The molecule has 2 aliphatic heterocycles. The first-order valence-electron chi connectivity index (χ1n) is 13.1. The van der Waals surface area contributed by atoms with E-state index in [0.29, 0.717) is 23.3 Å². The zero-order chi connectivity index (χ0) is 26.9. The van der Waals surface area contributed by atoms with Crippen molar-refractivity contribution in [3.05, 3.63) is 84.8 Å². The van der Waals surface area contributed by atoms with Crippen LogP contribution in [0.2, 0.25) is 0 Å².